The summed E-state index contributed by atoms with van der Waals surface area (Å²) < 4.78 is 0. The minimum atomic E-state index is -1.11. The van der Waals surface area contributed by atoms with Gasteiger partial charge in [0.1, 0.15) is 6.04 Å². The van der Waals surface area contributed by atoms with Gasteiger partial charge in [0.2, 0.25) is 11.8 Å². The molecule has 5 atom stereocenters. The summed E-state index contributed by atoms with van der Waals surface area (Å²) in [7, 11) is 0. The molecule has 1 heterocycles. The highest BCUT2D eigenvalue weighted by Crippen LogP contribution is 2.56. The van der Waals surface area contributed by atoms with Gasteiger partial charge < -0.3 is 5.11 Å². The molecule has 2 amide bonds. The van der Waals surface area contributed by atoms with Gasteiger partial charge >= 0.3 is 5.97 Å². The Kier molecular flexibility index (Phi) is 3.25. The first kappa shape index (κ1) is 14.4. The average molecular weight is 313 g/mol. The van der Waals surface area contributed by atoms with Gasteiger partial charge in [0.15, 0.2) is 0 Å². The van der Waals surface area contributed by atoms with Crippen molar-refractivity contribution < 1.29 is 19.5 Å². The van der Waals surface area contributed by atoms with Crippen molar-refractivity contribution >= 4 is 17.8 Å². The zero-order chi connectivity index (χ0) is 16.1. The summed E-state index contributed by atoms with van der Waals surface area (Å²) in [6.07, 6.45) is 3.11. The maximum atomic E-state index is 12.8. The van der Waals surface area contributed by atoms with Gasteiger partial charge in [0.05, 0.1) is 11.8 Å². The minimum Gasteiger partial charge on any atom is -0.480 e. The lowest BCUT2D eigenvalue weighted by atomic mass is 9.81. The largest absolute Gasteiger partial charge is 0.480 e. The highest BCUT2D eigenvalue weighted by Gasteiger charge is 2.62. The first-order chi connectivity index (χ1) is 11.1. The minimum absolute atomic E-state index is 0.169. The van der Waals surface area contributed by atoms with E-state index in [4.69, 9.17) is 0 Å². The number of amides is 2. The van der Waals surface area contributed by atoms with Crippen LogP contribution in [0.25, 0.3) is 0 Å². The molecule has 1 saturated heterocycles. The summed E-state index contributed by atoms with van der Waals surface area (Å²) in [6.45, 7) is 0. The molecule has 1 aromatic carbocycles. The van der Waals surface area contributed by atoms with Crippen LogP contribution in [-0.4, -0.2) is 33.8 Å². The molecule has 0 spiro atoms. The number of benzene rings is 1. The number of fused-ring (bicyclic) bond motifs is 5. The van der Waals surface area contributed by atoms with E-state index in [0.29, 0.717) is 0 Å². The third-order valence-electron chi connectivity index (χ3n) is 5.83. The Bertz CT molecular complexity index is 643. The summed E-state index contributed by atoms with van der Waals surface area (Å²) in [5.74, 6) is -1.60. The number of hydrogen-bond acceptors (Lipinski definition) is 3. The third kappa shape index (κ3) is 2.10. The summed E-state index contributed by atoms with van der Waals surface area (Å²) in [5, 5.41) is 9.60. The Morgan fingerprint density at radius 1 is 1.09 bits per heavy atom. The van der Waals surface area contributed by atoms with Gasteiger partial charge in [-0.2, -0.15) is 0 Å². The molecule has 1 aliphatic heterocycles. The van der Waals surface area contributed by atoms with Crippen molar-refractivity contribution in [3.05, 3.63) is 35.9 Å². The first-order valence-corrected chi connectivity index (χ1v) is 8.21. The predicted octanol–water partition coefficient (Wildman–Crippen LogP) is 1.71. The number of hydrogen-bond donors (Lipinski definition) is 1. The lowest BCUT2D eigenvalue weighted by Gasteiger charge is -2.24. The smallest absolute Gasteiger partial charge is 0.327 e. The van der Waals surface area contributed by atoms with Crippen LogP contribution in [0.5, 0.6) is 0 Å². The fourth-order valence-corrected chi connectivity index (χ4v) is 4.87. The van der Waals surface area contributed by atoms with Gasteiger partial charge in [0.25, 0.3) is 0 Å². The third-order valence-corrected chi connectivity index (χ3v) is 5.83. The van der Waals surface area contributed by atoms with Crippen LogP contribution in [0.1, 0.15) is 24.8 Å². The van der Waals surface area contributed by atoms with E-state index in [0.717, 1.165) is 29.7 Å². The Labute approximate surface area is 134 Å². The Morgan fingerprint density at radius 3 is 2.17 bits per heavy atom. The first-order valence-electron chi connectivity index (χ1n) is 8.21. The van der Waals surface area contributed by atoms with Crippen LogP contribution in [0.4, 0.5) is 0 Å². The summed E-state index contributed by atoms with van der Waals surface area (Å²) in [5.41, 5.74) is 0.820. The maximum absolute atomic E-state index is 12.8. The molecule has 120 valence electrons. The number of likely N-dealkylation sites (tertiary alicyclic amines) is 1. The quantitative estimate of drug-likeness (QED) is 0.859. The lowest BCUT2D eigenvalue weighted by molar-refractivity contribution is -0.155. The molecule has 23 heavy (non-hydrogen) atoms. The molecule has 2 saturated carbocycles. The van der Waals surface area contributed by atoms with Gasteiger partial charge in [-0.05, 0) is 36.7 Å². The summed E-state index contributed by atoms with van der Waals surface area (Å²) in [4.78, 5) is 38.3. The predicted molar refractivity (Wildman–Crippen MR) is 81.2 cm³/mol. The van der Waals surface area contributed by atoms with Gasteiger partial charge in [-0.3, -0.25) is 14.5 Å². The molecule has 3 aliphatic rings. The topological polar surface area (TPSA) is 74.7 Å². The highest BCUT2D eigenvalue weighted by atomic mass is 16.4. The maximum Gasteiger partial charge on any atom is 0.327 e. The van der Waals surface area contributed by atoms with Gasteiger partial charge in [-0.15, -0.1) is 0 Å². The van der Waals surface area contributed by atoms with E-state index in [2.05, 4.69) is 0 Å². The standard InChI is InChI=1S/C18H19NO4/c20-16-14-11-6-7-12(9-11)15(14)17(21)19(16)13(18(22)23)8-10-4-2-1-3-5-10/h1-5,11-15H,6-9H2,(H,22,23)/t11-,12-,13-,14-,15-/m0/s1. The van der Waals surface area contributed by atoms with E-state index in [-0.39, 0.29) is 41.9 Å². The van der Waals surface area contributed by atoms with E-state index in [1.165, 1.54) is 0 Å². The van der Waals surface area contributed by atoms with Crippen LogP contribution < -0.4 is 0 Å². The van der Waals surface area contributed by atoms with Gasteiger partial charge in [-0.1, -0.05) is 30.3 Å². The molecule has 0 radical (unpaired) electrons. The second-order valence-electron chi connectivity index (χ2n) is 6.98. The van der Waals surface area contributed by atoms with Crippen LogP contribution in [0.15, 0.2) is 30.3 Å². The molecule has 5 nitrogen and oxygen atoms in total. The fourth-order valence-electron chi connectivity index (χ4n) is 4.87. The highest BCUT2D eigenvalue weighted by molar-refractivity contribution is 6.08. The van der Waals surface area contributed by atoms with E-state index < -0.39 is 12.0 Å². The summed E-state index contributed by atoms with van der Waals surface area (Å²) >= 11 is 0. The molecule has 5 heteroatoms. The number of carboxylic acid groups (broad SMARTS) is 1. The van der Waals surface area contributed by atoms with E-state index >= 15 is 0 Å². The number of nitrogens with zero attached hydrogens (tertiary/aromatic N) is 1. The average Bonchev–Trinajstić information content (AvgIpc) is 3.21. The number of aliphatic carboxylic acids is 1. The number of rotatable bonds is 4. The molecule has 0 aromatic heterocycles. The number of carboxylic acids is 1. The lowest BCUT2D eigenvalue weighted by Crippen LogP contribution is -2.47. The van der Waals surface area contributed by atoms with Crippen molar-refractivity contribution in [1.82, 2.24) is 4.90 Å². The normalized spacial score (nSPS) is 33.1. The monoisotopic (exact) mass is 313 g/mol. The van der Waals surface area contributed by atoms with Gasteiger partial charge in [0, 0.05) is 6.42 Å². The molecule has 1 aromatic rings. The van der Waals surface area contributed by atoms with Crippen LogP contribution in [0, 0.1) is 23.7 Å². The fraction of sp³-hybridized carbons (Fsp3) is 0.500. The Morgan fingerprint density at radius 2 is 1.65 bits per heavy atom. The van der Waals surface area contributed by atoms with Crippen LogP contribution in [-0.2, 0) is 20.8 Å². The van der Waals surface area contributed by atoms with Crippen molar-refractivity contribution in [3.8, 4) is 0 Å². The second-order valence-corrected chi connectivity index (χ2v) is 6.98. The molecule has 2 bridgehead atoms. The Balaban J connectivity index is 1.63. The molecule has 2 aliphatic carbocycles. The molecular weight excluding hydrogens is 294 g/mol. The van der Waals surface area contributed by atoms with Crippen molar-refractivity contribution in [2.24, 2.45) is 23.7 Å². The number of carbonyl (C=O) groups is 3. The Hall–Kier alpha value is -2.17. The van der Waals surface area contributed by atoms with Crippen molar-refractivity contribution in [2.75, 3.05) is 0 Å². The zero-order valence-corrected chi connectivity index (χ0v) is 12.7. The second kappa shape index (κ2) is 5.18. The summed E-state index contributed by atoms with van der Waals surface area (Å²) in [6, 6.07) is 8.07. The van der Waals surface area contributed by atoms with Crippen LogP contribution in [0.2, 0.25) is 0 Å². The molecule has 0 unspecified atom stereocenters. The molecular formula is C18H19NO4. The molecule has 3 fully saturated rings. The van der Waals surface area contributed by atoms with Crippen molar-refractivity contribution in [3.63, 3.8) is 0 Å². The van der Waals surface area contributed by atoms with Gasteiger partial charge in [-0.25, -0.2) is 4.79 Å². The number of imide groups is 1. The van der Waals surface area contributed by atoms with E-state index in [1.54, 1.807) is 0 Å². The zero-order valence-electron chi connectivity index (χ0n) is 12.7. The SMILES string of the molecule is O=C(O)[C@H](Cc1ccccc1)N1C(=O)[C@H]2[C@H]3CC[C@@H](C3)[C@@H]2C1=O. The van der Waals surface area contributed by atoms with Crippen LogP contribution in [0.3, 0.4) is 0 Å². The number of carbonyl (C=O) groups excluding carboxylic acids is 2. The molecule has 1 N–H and O–H groups in total. The molecule has 4 rings (SSSR count). The van der Waals surface area contributed by atoms with Crippen molar-refractivity contribution in [2.45, 2.75) is 31.7 Å². The van der Waals surface area contributed by atoms with E-state index in [1.807, 2.05) is 30.3 Å². The van der Waals surface area contributed by atoms with E-state index in [9.17, 15) is 19.5 Å². The van der Waals surface area contributed by atoms with Crippen LogP contribution >= 0.6 is 0 Å². The van der Waals surface area contributed by atoms with Crippen molar-refractivity contribution in [1.29, 1.82) is 0 Å².